The first-order valence-electron chi connectivity index (χ1n) is 8.63. The number of aromatic nitrogens is 3. The maximum Gasteiger partial charge on any atom is 0.133 e. The second kappa shape index (κ2) is 6.48. The Labute approximate surface area is 142 Å². The molecule has 0 unspecified atom stereocenters. The fourth-order valence-corrected chi connectivity index (χ4v) is 3.34. The number of hydrogen-bond donors (Lipinski definition) is 1. The van der Waals surface area contributed by atoms with E-state index in [0.717, 1.165) is 42.3 Å². The lowest BCUT2D eigenvalue weighted by atomic mass is 10.1. The smallest absolute Gasteiger partial charge is 0.133 e. The van der Waals surface area contributed by atoms with E-state index in [4.69, 9.17) is 5.10 Å². The average Bonchev–Trinajstić information content (AvgIpc) is 2.78. The first-order chi connectivity index (χ1) is 11.8. The number of nitrogens with one attached hydrogen (secondary N) is 1. The Morgan fingerprint density at radius 2 is 2.08 bits per heavy atom. The van der Waals surface area contributed by atoms with Crippen molar-refractivity contribution in [1.82, 2.24) is 14.8 Å². The molecule has 1 aliphatic rings. The van der Waals surface area contributed by atoms with Gasteiger partial charge in [-0.2, -0.15) is 5.10 Å². The number of nitrogens with zero attached hydrogens (tertiary/aromatic N) is 3. The number of pyridine rings is 1. The van der Waals surface area contributed by atoms with Crippen molar-refractivity contribution in [3.63, 3.8) is 0 Å². The van der Waals surface area contributed by atoms with Crippen LogP contribution in [0.15, 0.2) is 48.7 Å². The maximum atomic E-state index is 4.95. The molecule has 4 heteroatoms. The van der Waals surface area contributed by atoms with Crippen LogP contribution < -0.4 is 5.32 Å². The van der Waals surface area contributed by atoms with Gasteiger partial charge < -0.3 is 5.32 Å². The highest BCUT2D eigenvalue weighted by Gasteiger charge is 2.20. The molecule has 3 aromatic rings. The summed E-state index contributed by atoms with van der Waals surface area (Å²) in [4.78, 5) is 4.47. The average molecular weight is 318 g/mol. The van der Waals surface area contributed by atoms with Crippen molar-refractivity contribution in [2.24, 2.45) is 0 Å². The van der Waals surface area contributed by atoms with Crippen LogP contribution in [0.5, 0.6) is 0 Å². The van der Waals surface area contributed by atoms with Crippen molar-refractivity contribution < 1.29 is 0 Å². The number of anilines is 1. The lowest BCUT2D eigenvalue weighted by Crippen LogP contribution is -2.07. The molecule has 0 aliphatic carbocycles. The van der Waals surface area contributed by atoms with Gasteiger partial charge in [0.2, 0.25) is 0 Å². The van der Waals surface area contributed by atoms with E-state index in [-0.39, 0.29) is 0 Å². The second-order valence-corrected chi connectivity index (χ2v) is 6.41. The standard InChI is InChI=1S/C20H22N4/c1-15-7-6-9-17(13-15)24-20-18(10-3-5-12-22-20)19(23-24)14-16-8-2-4-11-21-16/h2,4,6-9,11,13,22H,3,5,10,12,14H2,1H3. The summed E-state index contributed by atoms with van der Waals surface area (Å²) in [6, 6.07) is 14.6. The Morgan fingerprint density at radius 1 is 1.12 bits per heavy atom. The molecule has 0 spiro atoms. The Balaban J connectivity index is 1.80. The molecule has 0 saturated heterocycles. The van der Waals surface area contributed by atoms with Crippen molar-refractivity contribution in [3.05, 3.63) is 71.2 Å². The minimum atomic E-state index is 0.781. The summed E-state index contributed by atoms with van der Waals surface area (Å²) in [5.41, 5.74) is 5.92. The van der Waals surface area contributed by atoms with Crippen LogP contribution in [0.25, 0.3) is 5.69 Å². The van der Waals surface area contributed by atoms with E-state index < -0.39 is 0 Å². The molecule has 0 fully saturated rings. The van der Waals surface area contributed by atoms with Gasteiger partial charge in [0.05, 0.1) is 11.4 Å². The minimum absolute atomic E-state index is 0.781. The molecule has 3 heterocycles. The van der Waals surface area contributed by atoms with Crippen LogP contribution in [-0.4, -0.2) is 21.3 Å². The zero-order valence-corrected chi connectivity index (χ0v) is 14.0. The van der Waals surface area contributed by atoms with Gasteiger partial charge in [0.15, 0.2) is 0 Å². The summed E-state index contributed by atoms with van der Waals surface area (Å²) >= 11 is 0. The largest absolute Gasteiger partial charge is 0.370 e. The monoisotopic (exact) mass is 318 g/mol. The molecule has 2 aromatic heterocycles. The van der Waals surface area contributed by atoms with Crippen LogP contribution in [0.1, 0.15) is 35.4 Å². The van der Waals surface area contributed by atoms with E-state index in [1.165, 1.54) is 24.0 Å². The molecule has 1 aromatic carbocycles. The third-order valence-corrected chi connectivity index (χ3v) is 4.53. The second-order valence-electron chi connectivity index (χ2n) is 6.41. The molecule has 0 radical (unpaired) electrons. The lowest BCUT2D eigenvalue weighted by molar-refractivity contribution is 0.766. The zero-order chi connectivity index (χ0) is 16.4. The fraction of sp³-hybridized carbons (Fsp3) is 0.300. The van der Waals surface area contributed by atoms with Crippen molar-refractivity contribution in [2.75, 3.05) is 11.9 Å². The van der Waals surface area contributed by atoms with Gasteiger partial charge in [0.25, 0.3) is 0 Å². The first kappa shape index (κ1) is 14.9. The molecule has 4 nitrogen and oxygen atoms in total. The van der Waals surface area contributed by atoms with Crippen LogP contribution in [0.3, 0.4) is 0 Å². The van der Waals surface area contributed by atoms with E-state index >= 15 is 0 Å². The third-order valence-electron chi connectivity index (χ3n) is 4.53. The summed E-state index contributed by atoms with van der Waals surface area (Å²) in [6.45, 7) is 3.13. The molecule has 0 atom stereocenters. The van der Waals surface area contributed by atoms with Gasteiger partial charge in [-0.15, -0.1) is 0 Å². The highest BCUT2D eigenvalue weighted by atomic mass is 15.3. The summed E-state index contributed by atoms with van der Waals surface area (Å²) in [7, 11) is 0. The molecule has 0 amide bonds. The molecule has 0 bridgehead atoms. The Bertz CT molecular complexity index is 836. The molecule has 1 aliphatic heterocycles. The Morgan fingerprint density at radius 3 is 2.92 bits per heavy atom. The Hall–Kier alpha value is -2.62. The number of hydrogen-bond acceptors (Lipinski definition) is 3. The summed E-state index contributed by atoms with van der Waals surface area (Å²) in [5.74, 6) is 1.16. The normalized spacial score (nSPS) is 13.9. The van der Waals surface area contributed by atoms with Gasteiger partial charge >= 0.3 is 0 Å². The van der Waals surface area contributed by atoms with E-state index in [9.17, 15) is 0 Å². The van der Waals surface area contributed by atoms with Gasteiger partial charge in [0, 0.05) is 30.4 Å². The predicted octanol–water partition coefficient (Wildman–Crippen LogP) is 3.91. The van der Waals surface area contributed by atoms with Crippen molar-refractivity contribution in [3.8, 4) is 5.69 Å². The summed E-state index contributed by atoms with van der Waals surface area (Å²) in [5, 5.41) is 8.55. The zero-order valence-electron chi connectivity index (χ0n) is 14.0. The number of aryl methyl sites for hydroxylation is 1. The molecular weight excluding hydrogens is 296 g/mol. The topological polar surface area (TPSA) is 42.7 Å². The van der Waals surface area contributed by atoms with E-state index in [1.54, 1.807) is 0 Å². The van der Waals surface area contributed by atoms with Crippen molar-refractivity contribution >= 4 is 5.82 Å². The van der Waals surface area contributed by atoms with Crippen LogP contribution in [0.4, 0.5) is 5.82 Å². The highest BCUT2D eigenvalue weighted by molar-refractivity contribution is 5.55. The van der Waals surface area contributed by atoms with Crippen molar-refractivity contribution in [1.29, 1.82) is 0 Å². The van der Waals surface area contributed by atoms with E-state index in [1.807, 2.05) is 18.3 Å². The molecule has 122 valence electrons. The molecule has 24 heavy (non-hydrogen) atoms. The van der Waals surface area contributed by atoms with Crippen LogP contribution in [0, 0.1) is 6.92 Å². The van der Waals surface area contributed by atoms with E-state index in [0.29, 0.717) is 0 Å². The SMILES string of the molecule is Cc1cccc(-n2nc(Cc3ccccn3)c3c2NCCCC3)c1. The molecular formula is C20H22N4. The number of rotatable bonds is 3. The summed E-state index contributed by atoms with van der Waals surface area (Å²) in [6.07, 6.45) is 6.12. The lowest BCUT2D eigenvalue weighted by Gasteiger charge is -2.09. The quantitative estimate of drug-likeness (QED) is 0.796. The maximum absolute atomic E-state index is 4.95. The van der Waals surface area contributed by atoms with Gasteiger partial charge in [-0.1, -0.05) is 18.2 Å². The third kappa shape index (κ3) is 2.92. The highest BCUT2D eigenvalue weighted by Crippen LogP contribution is 2.29. The molecule has 0 saturated carbocycles. The minimum Gasteiger partial charge on any atom is -0.370 e. The van der Waals surface area contributed by atoms with Gasteiger partial charge in [-0.05, 0) is 56.0 Å². The van der Waals surface area contributed by atoms with Gasteiger partial charge in [0.1, 0.15) is 5.82 Å². The van der Waals surface area contributed by atoms with E-state index in [2.05, 4.69) is 52.2 Å². The predicted molar refractivity (Wildman–Crippen MR) is 96.8 cm³/mol. The molecule has 1 N–H and O–H groups in total. The summed E-state index contributed by atoms with van der Waals surface area (Å²) < 4.78 is 2.08. The van der Waals surface area contributed by atoms with Gasteiger partial charge in [-0.3, -0.25) is 4.98 Å². The van der Waals surface area contributed by atoms with Crippen LogP contribution in [0.2, 0.25) is 0 Å². The molecule has 4 rings (SSSR count). The van der Waals surface area contributed by atoms with Crippen LogP contribution in [-0.2, 0) is 12.8 Å². The first-order valence-corrected chi connectivity index (χ1v) is 8.63. The number of fused-ring (bicyclic) bond motifs is 1. The fourth-order valence-electron chi connectivity index (χ4n) is 3.34. The van der Waals surface area contributed by atoms with Gasteiger partial charge in [-0.25, -0.2) is 4.68 Å². The van der Waals surface area contributed by atoms with Crippen LogP contribution >= 0.6 is 0 Å². The number of benzene rings is 1. The Kier molecular flexibility index (Phi) is 4.03. The van der Waals surface area contributed by atoms with Crippen molar-refractivity contribution in [2.45, 2.75) is 32.6 Å².